The molecule has 152 valence electrons. The minimum absolute atomic E-state index is 0.0380. The molecule has 1 amide bonds. The van der Waals surface area contributed by atoms with Gasteiger partial charge in [0.15, 0.2) is 11.9 Å². The fraction of sp³-hybridized carbons (Fsp3) is 0.435. The predicted octanol–water partition coefficient (Wildman–Crippen LogP) is 3.50. The molecule has 1 aromatic heterocycles. The molecule has 6 heteroatoms. The number of carbonyl (C=O) groups excluding carboxylic acids is 2. The molecule has 2 fully saturated rings. The first-order valence-electron chi connectivity index (χ1n) is 9.96. The molecular formula is C23H26N2O4. The molecule has 1 saturated heterocycles. The molecule has 1 unspecified atom stereocenters. The van der Waals surface area contributed by atoms with Crippen LogP contribution in [-0.4, -0.2) is 41.3 Å². The number of ether oxygens (including phenoxy) is 2. The number of likely N-dealkylation sites (tertiary alicyclic amines) is 1. The lowest BCUT2D eigenvalue weighted by Gasteiger charge is -2.24. The van der Waals surface area contributed by atoms with Crippen LogP contribution in [0.4, 0.5) is 0 Å². The van der Waals surface area contributed by atoms with E-state index in [2.05, 4.69) is 4.98 Å². The molecule has 2 aliphatic rings. The minimum Gasteiger partial charge on any atom is -0.497 e. The van der Waals surface area contributed by atoms with Gasteiger partial charge in [0.1, 0.15) is 17.2 Å². The van der Waals surface area contributed by atoms with Crippen molar-refractivity contribution in [3.8, 4) is 11.5 Å². The van der Waals surface area contributed by atoms with Gasteiger partial charge in [-0.2, -0.15) is 0 Å². The van der Waals surface area contributed by atoms with Gasteiger partial charge in [-0.05, 0) is 42.7 Å². The maximum Gasteiger partial charge on any atom is 0.264 e. The Kier molecular flexibility index (Phi) is 5.03. The van der Waals surface area contributed by atoms with Crippen molar-refractivity contribution in [3.05, 3.63) is 53.9 Å². The summed E-state index contributed by atoms with van der Waals surface area (Å²) < 4.78 is 11.2. The Balaban J connectivity index is 1.44. The molecule has 0 bridgehead atoms. The highest BCUT2D eigenvalue weighted by molar-refractivity contribution is 5.97. The quantitative estimate of drug-likeness (QED) is 0.673. The summed E-state index contributed by atoms with van der Waals surface area (Å²) in [5.41, 5.74) is 1.17. The van der Waals surface area contributed by atoms with Gasteiger partial charge in [0.25, 0.3) is 5.91 Å². The zero-order valence-corrected chi connectivity index (χ0v) is 17.1. The van der Waals surface area contributed by atoms with Gasteiger partial charge in [-0.1, -0.05) is 26.0 Å². The summed E-state index contributed by atoms with van der Waals surface area (Å²) in [4.78, 5) is 31.2. The molecule has 4 rings (SSSR count). The van der Waals surface area contributed by atoms with E-state index in [4.69, 9.17) is 9.47 Å². The zero-order valence-electron chi connectivity index (χ0n) is 17.1. The van der Waals surface area contributed by atoms with Crippen LogP contribution in [0.25, 0.3) is 0 Å². The second-order valence-electron chi connectivity index (χ2n) is 8.55. The molecule has 0 spiro atoms. The van der Waals surface area contributed by atoms with E-state index in [1.807, 2.05) is 43.0 Å². The smallest absolute Gasteiger partial charge is 0.264 e. The van der Waals surface area contributed by atoms with E-state index in [0.717, 1.165) is 24.2 Å². The van der Waals surface area contributed by atoms with E-state index in [-0.39, 0.29) is 23.0 Å². The summed E-state index contributed by atoms with van der Waals surface area (Å²) in [5, 5.41) is 0. The molecule has 1 aliphatic heterocycles. The number of rotatable bonds is 7. The van der Waals surface area contributed by atoms with Gasteiger partial charge in [-0.3, -0.25) is 9.59 Å². The van der Waals surface area contributed by atoms with Crippen LogP contribution < -0.4 is 9.47 Å². The van der Waals surface area contributed by atoms with Crippen LogP contribution in [0.1, 0.15) is 42.7 Å². The van der Waals surface area contributed by atoms with Crippen LogP contribution in [-0.2, 0) is 11.3 Å². The molecular weight excluding hydrogens is 368 g/mol. The van der Waals surface area contributed by atoms with Crippen LogP contribution in [0.3, 0.4) is 0 Å². The number of Topliss-reactive ketones (excluding diaryl/α,β-unsaturated/α-hetero) is 1. The highest BCUT2D eigenvalue weighted by Crippen LogP contribution is 2.35. The number of hydrogen-bond acceptors (Lipinski definition) is 5. The monoisotopic (exact) mass is 394 g/mol. The van der Waals surface area contributed by atoms with Crippen LogP contribution >= 0.6 is 0 Å². The van der Waals surface area contributed by atoms with E-state index in [9.17, 15) is 9.59 Å². The number of methoxy groups -OCH3 is 1. The number of aromatic nitrogens is 1. The van der Waals surface area contributed by atoms with Gasteiger partial charge < -0.3 is 14.4 Å². The first-order chi connectivity index (χ1) is 13.9. The number of nitrogens with zero attached hydrogens (tertiary/aromatic N) is 2. The summed E-state index contributed by atoms with van der Waals surface area (Å²) in [5.74, 6) is 1.49. The maximum atomic E-state index is 13.0. The first kappa shape index (κ1) is 19.4. The van der Waals surface area contributed by atoms with Crippen molar-refractivity contribution in [1.29, 1.82) is 0 Å². The number of ketones is 1. The second-order valence-corrected chi connectivity index (χ2v) is 8.55. The largest absolute Gasteiger partial charge is 0.497 e. The second kappa shape index (κ2) is 7.50. The van der Waals surface area contributed by atoms with E-state index < -0.39 is 6.10 Å². The molecule has 0 N–H and O–H groups in total. The Bertz CT molecular complexity index is 901. The molecule has 2 heterocycles. The van der Waals surface area contributed by atoms with Gasteiger partial charge in [-0.25, -0.2) is 4.98 Å². The lowest BCUT2D eigenvalue weighted by atomic mass is 9.89. The highest BCUT2D eigenvalue weighted by Gasteiger charge is 2.48. The molecule has 2 aromatic rings. The third kappa shape index (κ3) is 4.11. The van der Waals surface area contributed by atoms with Crippen LogP contribution in [0.2, 0.25) is 0 Å². The molecule has 0 radical (unpaired) electrons. The zero-order chi connectivity index (χ0) is 20.6. The van der Waals surface area contributed by atoms with Crippen molar-refractivity contribution in [1.82, 2.24) is 9.88 Å². The minimum atomic E-state index is -0.590. The number of hydrogen-bond donors (Lipinski definition) is 0. The number of carbonyl (C=O) groups is 2. The topological polar surface area (TPSA) is 68.7 Å². The summed E-state index contributed by atoms with van der Waals surface area (Å²) in [6.45, 7) is 5.19. The Labute approximate surface area is 170 Å². The number of pyridine rings is 1. The van der Waals surface area contributed by atoms with E-state index >= 15 is 0 Å². The van der Waals surface area contributed by atoms with Crippen LogP contribution in [0, 0.1) is 11.3 Å². The van der Waals surface area contributed by atoms with Gasteiger partial charge >= 0.3 is 0 Å². The fourth-order valence-electron chi connectivity index (χ4n) is 3.73. The molecule has 1 atom stereocenters. The van der Waals surface area contributed by atoms with Gasteiger partial charge in [0, 0.05) is 24.4 Å². The van der Waals surface area contributed by atoms with Crippen molar-refractivity contribution in [3.63, 3.8) is 0 Å². The Morgan fingerprint density at radius 3 is 2.41 bits per heavy atom. The Hall–Kier alpha value is -2.89. The van der Waals surface area contributed by atoms with E-state index in [1.165, 1.54) is 0 Å². The van der Waals surface area contributed by atoms with Gasteiger partial charge in [0.2, 0.25) is 0 Å². The number of benzene rings is 1. The lowest BCUT2D eigenvalue weighted by molar-refractivity contribution is -0.134. The molecule has 1 aromatic carbocycles. The summed E-state index contributed by atoms with van der Waals surface area (Å²) >= 11 is 0. The van der Waals surface area contributed by atoms with Crippen molar-refractivity contribution >= 4 is 11.7 Å². The maximum absolute atomic E-state index is 13.0. The normalized spacial score (nSPS) is 20.6. The molecule has 1 aliphatic carbocycles. The average Bonchev–Trinajstić information content (AvgIpc) is 3.53. The Morgan fingerprint density at radius 1 is 1.14 bits per heavy atom. The predicted molar refractivity (Wildman–Crippen MR) is 108 cm³/mol. The van der Waals surface area contributed by atoms with Crippen molar-refractivity contribution < 1.29 is 19.1 Å². The molecule has 1 saturated carbocycles. The molecule has 6 nitrogen and oxygen atoms in total. The van der Waals surface area contributed by atoms with Crippen LogP contribution in [0.15, 0.2) is 42.6 Å². The fourth-order valence-corrected chi connectivity index (χ4v) is 3.73. The van der Waals surface area contributed by atoms with E-state index in [1.54, 1.807) is 25.4 Å². The van der Waals surface area contributed by atoms with Gasteiger partial charge in [0.05, 0.1) is 13.3 Å². The van der Waals surface area contributed by atoms with Crippen LogP contribution in [0.5, 0.6) is 11.5 Å². The van der Waals surface area contributed by atoms with Crippen molar-refractivity contribution in [2.45, 2.75) is 39.3 Å². The average molecular weight is 394 g/mol. The van der Waals surface area contributed by atoms with E-state index in [0.29, 0.717) is 24.5 Å². The highest BCUT2D eigenvalue weighted by atomic mass is 16.5. The summed E-state index contributed by atoms with van der Waals surface area (Å²) in [6.07, 6.45) is 2.86. The third-order valence-electron chi connectivity index (χ3n) is 5.57. The van der Waals surface area contributed by atoms with Crippen molar-refractivity contribution in [2.75, 3.05) is 13.7 Å². The lowest BCUT2D eigenvalue weighted by Crippen LogP contribution is -2.36. The Morgan fingerprint density at radius 2 is 1.83 bits per heavy atom. The summed E-state index contributed by atoms with van der Waals surface area (Å²) in [7, 11) is 1.63. The standard InChI is InChI=1S/C23H26N2O4/c1-23(2)14-25(13-15-4-8-17(28-3)9-5-15)22(27)21(23)29-18-10-11-19(24-12-18)20(26)16-6-7-16/h4-5,8-12,16,21H,6-7,13-14H2,1-3H3. The third-order valence-corrected chi connectivity index (χ3v) is 5.57. The van der Waals surface area contributed by atoms with Gasteiger partial charge in [-0.15, -0.1) is 0 Å². The number of amides is 1. The van der Waals surface area contributed by atoms with Crippen molar-refractivity contribution in [2.24, 2.45) is 11.3 Å². The summed E-state index contributed by atoms with van der Waals surface area (Å²) in [6, 6.07) is 11.1. The molecule has 29 heavy (non-hydrogen) atoms. The SMILES string of the molecule is COc1ccc(CN2CC(C)(C)C(Oc3ccc(C(=O)C4CC4)nc3)C2=O)cc1. The first-order valence-corrected chi connectivity index (χ1v) is 9.96.